The van der Waals surface area contributed by atoms with Crippen LogP contribution in [0, 0.1) is 0 Å². The topological polar surface area (TPSA) is 80.4 Å². The van der Waals surface area contributed by atoms with Crippen molar-refractivity contribution < 1.29 is 14.7 Å². The Hall–Kier alpha value is -2.33. The SMILES string of the molecule is NC(=O)c1ccccc1Cl.O=C(O)c1cccc2c1CCC2. The number of amides is 1. The van der Waals surface area contributed by atoms with Gasteiger partial charge < -0.3 is 10.8 Å². The molecule has 4 nitrogen and oxygen atoms in total. The average molecular weight is 318 g/mol. The van der Waals surface area contributed by atoms with Crippen LogP contribution in [0.2, 0.25) is 5.02 Å². The van der Waals surface area contributed by atoms with Crippen molar-refractivity contribution >= 4 is 23.5 Å². The molecule has 0 aliphatic heterocycles. The molecule has 0 atom stereocenters. The van der Waals surface area contributed by atoms with Gasteiger partial charge in [-0.2, -0.15) is 0 Å². The molecule has 1 aliphatic carbocycles. The number of hydrogen-bond donors (Lipinski definition) is 2. The van der Waals surface area contributed by atoms with Crippen LogP contribution in [0.1, 0.15) is 38.3 Å². The van der Waals surface area contributed by atoms with Crippen LogP contribution in [0.15, 0.2) is 42.5 Å². The lowest BCUT2D eigenvalue weighted by molar-refractivity contribution is 0.0695. The summed E-state index contributed by atoms with van der Waals surface area (Å²) in [6.07, 6.45) is 3.06. The molecule has 114 valence electrons. The molecular weight excluding hydrogens is 302 g/mol. The molecule has 1 amide bonds. The Morgan fingerprint density at radius 1 is 1.00 bits per heavy atom. The molecule has 0 aromatic heterocycles. The lowest BCUT2D eigenvalue weighted by Gasteiger charge is -2.02. The van der Waals surface area contributed by atoms with E-state index in [9.17, 15) is 9.59 Å². The van der Waals surface area contributed by atoms with Crippen LogP contribution in [-0.4, -0.2) is 17.0 Å². The van der Waals surface area contributed by atoms with Gasteiger partial charge in [-0.3, -0.25) is 4.79 Å². The number of carbonyl (C=O) groups is 2. The van der Waals surface area contributed by atoms with Crippen LogP contribution < -0.4 is 5.73 Å². The molecular formula is C17H16ClNO3. The fraction of sp³-hybridized carbons (Fsp3) is 0.176. The summed E-state index contributed by atoms with van der Waals surface area (Å²) in [5.74, 6) is -1.29. The van der Waals surface area contributed by atoms with E-state index in [1.54, 1.807) is 30.3 Å². The van der Waals surface area contributed by atoms with Crippen molar-refractivity contribution in [2.24, 2.45) is 5.73 Å². The third-order valence-corrected chi connectivity index (χ3v) is 3.85. The van der Waals surface area contributed by atoms with Crippen LogP contribution in [-0.2, 0) is 12.8 Å². The molecule has 0 bridgehead atoms. The summed E-state index contributed by atoms with van der Waals surface area (Å²) < 4.78 is 0. The van der Waals surface area contributed by atoms with E-state index in [0.29, 0.717) is 16.1 Å². The maximum Gasteiger partial charge on any atom is 0.335 e. The minimum Gasteiger partial charge on any atom is -0.478 e. The largest absolute Gasteiger partial charge is 0.478 e. The van der Waals surface area contributed by atoms with Gasteiger partial charge in [-0.15, -0.1) is 0 Å². The summed E-state index contributed by atoms with van der Waals surface area (Å²) in [7, 11) is 0. The van der Waals surface area contributed by atoms with Crippen LogP contribution in [0.4, 0.5) is 0 Å². The monoisotopic (exact) mass is 317 g/mol. The van der Waals surface area contributed by atoms with Gasteiger partial charge in [-0.1, -0.05) is 35.9 Å². The summed E-state index contributed by atoms with van der Waals surface area (Å²) in [6, 6.07) is 12.2. The Bertz CT molecular complexity index is 713. The minimum absolute atomic E-state index is 0.365. The number of aryl methyl sites for hydroxylation is 1. The minimum atomic E-state index is -0.797. The highest BCUT2D eigenvalue weighted by molar-refractivity contribution is 6.33. The second kappa shape index (κ2) is 7.09. The maximum absolute atomic E-state index is 10.8. The van der Waals surface area contributed by atoms with E-state index in [1.165, 1.54) is 5.56 Å². The first-order chi connectivity index (χ1) is 10.5. The Morgan fingerprint density at radius 3 is 2.27 bits per heavy atom. The number of aromatic carboxylic acids is 1. The Balaban J connectivity index is 0.000000164. The van der Waals surface area contributed by atoms with Gasteiger partial charge in [-0.25, -0.2) is 4.79 Å². The normalized spacial score (nSPS) is 12.0. The standard InChI is InChI=1S/C10H10O2.C7H6ClNO/c11-10(12)9-6-2-4-7-3-1-5-8(7)9;8-6-4-2-1-3-5(6)7(9)10/h2,4,6H,1,3,5H2,(H,11,12);1-4H,(H2,9,10). The van der Waals surface area contributed by atoms with Gasteiger partial charge in [0.2, 0.25) is 5.91 Å². The molecule has 2 aromatic carbocycles. The summed E-state index contributed by atoms with van der Waals surface area (Å²) in [5, 5.41) is 9.25. The second-order valence-corrected chi connectivity index (χ2v) is 5.35. The van der Waals surface area contributed by atoms with Gasteiger partial charge in [0.1, 0.15) is 0 Å². The number of carboxylic acid groups (broad SMARTS) is 1. The Morgan fingerprint density at radius 2 is 1.68 bits per heavy atom. The third-order valence-electron chi connectivity index (χ3n) is 3.52. The van der Waals surface area contributed by atoms with Crippen molar-refractivity contribution in [3.63, 3.8) is 0 Å². The molecule has 1 aliphatic rings. The molecule has 22 heavy (non-hydrogen) atoms. The lowest BCUT2D eigenvalue weighted by Crippen LogP contribution is -2.10. The van der Waals surface area contributed by atoms with Crippen molar-refractivity contribution in [2.45, 2.75) is 19.3 Å². The number of rotatable bonds is 2. The first kappa shape index (κ1) is 16.0. The first-order valence-electron chi connectivity index (χ1n) is 6.89. The summed E-state index contributed by atoms with van der Waals surface area (Å²) in [6.45, 7) is 0. The number of fused-ring (bicyclic) bond motifs is 1. The van der Waals surface area contributed by atoms with Crippen LogP contribution >= 0.6 is 11.6 Å². The average Bonchev–Trinajstić information content (AvgIpc) is 2.96. The maximum atomic E-state index is 10.8. The van der Waals surface area contributed by atoms with Gasteiger partial charge in [0.15, 0.2) is 0 Å². The predicted molar refractivity (Wildman–Crippen MR) is 85.4 cm³/mol. The molecule has 3 rings (SSSR count). The second-order valence-electron chi connectivity index (χ2n) is 4.95. The van der Waals surface area contributed by atoms with E-state index in [4.69, 9.17) is 22.4 Å². The van der Waals surface area contributed by atoms with Crippen molar-refractivity contribution in [3.8, 4) is 0 Å². The quantitative estimate of drug-likeness (QED) is 0.891. The van der Waals surface area contributed by atoms with Crippen LogP contribution in [0.3, 0.4) is 0 Å². The van der Waals surface area contributed by atoms with Gasteiger partial charge in [0, 0.05) is 0 Å². The van der Waals surface area contributed by atoms with Crippen molar-refractivity contribution in [2.75, 3.05) is 0 Å². The van der Waals surface area contributed by atoms with E-state index in [-0.39, 0.29) is 0 Å². The number of hydrogen-bond acceptors (Lipinski definition) is 2. The summed E-state index contributed by atoms with van der Waals surface area (Å²) >= 11 is 5.62. The number of carbonyl (C=O) groups excluding carboxylic acids is 1. The molecule has 0 heterocycles. The number of halogens is 1. The first-order valence-corrected chi connectivity index (χ1v) is 7.27. The summed E-state index contributed by atoms with van der Waals surface area (Å²) in [5.41, 5.74) is 8.11. The highest BCUT2D eigenvalue weighted by Crippen LogP contribution is 2.24. The molecule has 5 heteroatoms. The highest BCUT2D eigenvalue weighted by Gasteiger charge is 2.17. The summed E-state index contributed by atoms with van der Waals surface area (Å²) in [4.78, 5) is 21.3. The van der Waals surface area contributed by atoms with Gasteiger partial charge >= 0.3 is 5.97 Å². The van der Waals surface area contributed by atoms with Gasteiger partial charge in [-0.05, 0) is 48.6 Å². The van der Waals surface area contributed by atoms with Crippen LogP contribution in [0.25, 0.3) is 0 Å². The fourth-order valence-electron chi connectivity index (χ4n) is 2.48. The van der Waals surface area contributed by atoms with E-state index < -0.39 is 11.9 Å². The molecule has 0 saturated carbocycles. The molecule has 0 spiro atoms. The smallest absolute Gasteiger partial charge is 0.335 e. The molecule has 0 fully saturated rings. The van der Waals surface area contributed by atoms with E-state index >= 15 is 0 Å². The number of primary amides is 1. The van der Waals surface area contributed by atoms with Crippen molar-refractivity contribution in [1.82, 2.24) is 0 Å². The number of benzene rings is 2. The van der Waals surface area contributed by atoms with Crippen LogP contribution in [0.5, 0.6) is 0 Å². The fourth-order valence-corrected chi connectivity index (χ4v) is 2.71. The number of carboxylic acids is 1. The molecule has 2 aromatic rings. The number of nitrogens with two attached hydrogens (primary N) is 1. The Labute approximate surface area is 133 Å². The van der Waals surface area contributed by atoms with E-state index in [1.807, 2.05) is 12.1 Å². The van der Waals surface area contributed by atoms with Gasteiger partial charge in [0.25, 0.3) is 0 Å². The van der Waals surface area contributed by atoms with E-state index in [2.05, 4.69) is 0 Å². The van der Waals surface area contributed by atoms with Crippen molar-refractivity contribution in [3.05, 3.63) is 69.7 Å². The zero-order valence-electron chi connectivity index (χ0n) is 11.9. The molecule has 0 unspecified atom stereocenters. The van der Waals surface area contributed by atoms with Gasteiger partial charge in [0.05, 0.1) is 16.1 Å². The zero-order valence-corrected chi connectivity index (χ0v) is 12.6. The Kier molecular flexibility index (Phi) is 5.17. The molecule has 0 saturated heterocycles. The van der Waals surface area contributed by atoms with E-state index in [0.717, 1.165) is 24.8 Å². The third kappa shape index (κ3) is 3.65. The highest BCUT2D eigenvalue weighted by atomic mass is 35.5. The molecule has 0 radical (unpaired) electrons. The lowest BCUT2D eigenvalue weighted by atomic mass is 10.0. The zero-order chi connectivity index (χ0) is 16.1. The molecule has 3 N–H and O–H groups in total. The van der Waals surface area contributed by atoms with Crippen molar-refractivity contribution in [1.29, 1.82) is 0 Å². The predicted octanol–water partition coefficient (Wildman–Crippen LogP) is 3.31.